The van der Waals surface area contributed by atoms with Crippen LogP contribution in [0.1, 0.15) is 38.1 Å². The zero-order valence-electron chi connectivity index (χ0n) is 16.5. The van der Waals surface area contributed by atoms with E-state index in [0.29, 0.717) is 18.9 Å². The lowest BCUT2D eigenvalue weighted by atomic mass is 10.2. The number of hydrogen-bond donors (Lipinski definition) is 1. The number of benzene rings is 1. The third kappa shape index (κ3) is 5.72. The Labute approximate surface area is 170 Å². The summed E-state index contributed by atoms with van der Waals surface area (Å²) in [5.41, 5.74) is 1.28. The summed E-state index contributed by atoms with van der Waals surface area (Å²) in [5.74, 6) is 1.86. The molecule has 1 saturated heterocycles. The molecule has 152 valence electrons. The van der Waals surface area contributed by atoms with Crippen LogP contribution in [-0.2, 0) is 29.1 Å². The Kier molecular flexibility index (Phi) is 7.73. The van der Waals surface area contributed by atoms with Crippen LogP contribution in [0, 0.1) is 0 Å². The number of rotatable bonds is 10. The highest BCUT2D eigenvalue weighted by Gasteiger charge is 2.17. The fourth-order valence-electron chi connectivity index (χ4n) is 3.03. The van der Waals surface area contributed by atoms with Gasteiger partial charge in [-0.1, -0.05) is 30.8 Å². The van der Waals surface area contributed by atoms with Gasteiger partial charge in [-0.2, -0.15) is 0 Å². The molecule has 1 aliphatic heterocycles. The van der Waals surface area contributed by atoms with E-state index in [0.717, 1.165) is 49.1 Å². The van der Waals surface area contributed by atoms with Crippen LogP contribution in [0.15, 0.2) is 29.4 Å². The maximum Gasteiger partial charge on any atom is 0.230 e. The number of aryl methyl sites for hydroxylation is 1. The van der Waals surface area contributed by atoms with Crippen molar-refractivity contribution in [3.8, 4) is 5.75 Å². The van der Waals surface area contributed by atoms with Crippen molar-refractivity contribution in [2.75, 3.05) is 18.9 Å². The Hall–Kier alpha value is -2.06. The molecule has 2 heterocycles. The molecule has 1 unspecified atom stereocenters. The van der Waals surface area contributed by atoms with Crippen molar-refractivity contribution in [1.29, 1.82) is 0 Å². The predicted molar refractivity (Wildman–Crippen MR) is 109 cm³/mol. The van der Waals surface area contributed by atoms with Crippen LogP contribution >= 0.6 is 11.8 Å². The fraction of sp³-hybridized carbons (Fsp3) is 0.550. The summed E-state index contributed by atoms with van der Waals surface area (Å²) >= 11 is 1.39. The molecule has 1 aromatic carbocycles. The van der Waals surface area contributed by atoms with E-state index < -0.39 is 0 Å². The van der Waals surface area contributed by atoms with E-state index in [1.807, 2.05) is 23.6 Å². The minimum Gasteiger partial charge on any atom is -0.486 e. The van der Waals surface area contributed by atoms with E-state index in [9.17, 15) is 4.79 Å². The van der Waals surface area contributed by atoms with Gasteiger partial charge in [0.15, 0.2) is 11.0 Å². The minimum absolute atomic E-state index is 0.0139. The zero-order chi connectivity index (χ0) is 19.8. The number of amides is 1. The topological polar surface area (TPSA) is 78.3 Å². The van der Waals surface area contributed by atoms with Gasteiger partial charge in [0, 0.05) is 19.7 Å². The number of hydrogen-bond acceptors (Lipinski definition) is 6. The monoisotopic (exact) mass is 404 g/mol. The van der Waals surface area contributed by atoms with Gasteiger partial charge in [-0.25, -0.2) is 0 Å². The molecule has 0 spiro atoms. The Morgan fingerprint density at radius 2 is 2.14 bits per heavy atom. The molecule has 2 aromatic rings. The maximum atomic E-state index is 12.1. The van der Waals surface area contributed by atoms with Gasteiger partial charge in [0.05, 0.1) is 11.9 Å². The van der Waals surface area contributed by atoms with Gasteiger partial charge in [-0.15, -0.1) is 10.2 Å². The first kappa shape index (κ1) is 20.7. The van der Waals surface area contributed by atoms with Crippen molar-refractivity contribution in [3.05, 3.63) is 35.7 Å². The first-order valence-corrected chi connectivity index (χ1v) is 10.8. The number of thioether (sulfide) groups is 1. The maximum absolute atomic E-state index is 12.1. The lowest BCUT2D eigenvalue weighted by Crippen LogP contribution is -2.32. The van der Waals surface area contributed by atoms with E-state index in [4.69, 9.17) is 9.47 Å². The molecule has 0 bridgehead atoms. The molecule has 1 N–H and O–H groups in total. The zero-order valence-corrected chi connectivity index (χ0v) is 17.3. The van der Waals surface area contributed by atoms with Crippen molar-refractivity contribution in [2.45, 2.75) is 57.5 Å². The summed E-state index contributed by atoms with van der Waals surface area (Å²) in [4.78, 5) is 12.1. The van der Waals surface area contributed by atoms with Gasteiger partial charge in [0.2, 0.25) is 5.91 Å². The number of nitrogens with one attached hydrogen (secondary N) is 1. The summed E-state index contributed by atoms with van der Waals surface area (Å²) in [6.07, 6.45) is 3.25. The Balaban J connectivity index is 1.48. The quantitative estimate of drug-likeness (QED) is 0.614. The van der Waals surface area contributed by atoms with Crippen LogP contribution in [0.2, 0.25) is 0 Å². The van der Waals surface area contributed by atoms with E-state index >= 15 is 0 Å². The molecular formula is C20H28N4O3S. The summed E-state index contributed by atoms with van der Waals surface area (Å²) in [6.45, 7) is 6.60. The molecule has 1 amide bonds. The number of carbonyl (C=O) groups excluding carboxylic acids is 1. The third-order valence-electron chi connectivity index (χ3n) is 4.69. The molecule has 3 rings (SSSR count). The average molecular weight is 405 g/mol. The summed E-state index contributed by atoms with van der Waals surface area (Å²) in [7, 11) is 0. The largest absolute Gasteiger partial charge is 0.486 e. The molecule has 0 saturated carbocycles. The second-order valence-electron chi connectivity index (χ2n) is 6.66. The minimum atomic E-state index is -0.0139. The third-order valence-corrected chi connectivity index (χ3v) is 5.66. The normalized spacial score (nSPS) is 16.3. The highest BCUT2D eigenvalue weighted by molar-refractivity contribution is 7.99. The van der Waals surface area contributed by atoms with Crippen molar-refractivity contribution in [1.82, 2.24) is 20.1 Å². The lowest BCUT2D eigenvalue weighted by molar-refractivity contribution is -0.119. The first-order chi connectivity index (χ1) is 13.7. The molecule has 7 nitrogen and oxygen atoms in total. The van der Waals surface area contributed by atoms with Crippen molar-refractivity contribution in [3.63, 3.8) is 0 Å². The van der Waals surface area contributed by atoms with Crippen molar-refractivity contribution >= 4 is 17.7 Å². The molecule has 1 atom stereocenters. The predicted octanol–water partition coefficient (Wildman–Crippen LogP) is 2.83. The fourth-order valence-corrected chi connectivity index (χ4v) is 3.88. The van der Waals surface area contributed by atoms with E-state index in [1.54, 1.807) is 0 Å². The summed E-state index contributed by atoms with van der Waals surface area (Å²) in [6, 6.07) is 8.08. The number of carbonyl (C=O) groups is 1. The van der Waals surface area contributed by atoms with E-state index in [-0.39, 0.29) is 12.0 Å². The van der Waals surface area contributed by atoms with Gasteiger partial charge >= 0.3 is 0 Å². The van der Waals surface area contributed by atoms with Gasteiger partial charge in [0.1, 0.15) is 12.4 Å². The first-order valence-electron chi connectivity index (χ1n) is 9.84. The van der Waals surface area contributed by atoms with Crippen LogP contribution in [0.25, 0.3) is 0 Å². The Morgan fingerprint density at radius 3 is 2.82 bits per heavy atom. The lowest BCUT2D eigenvalue weighted by Gasteiger charge is -2.11. The second-order valence-corrected chi connectivity index (χ2v) is 7.60. The van der Waals surface area contributed by atoms with Crippen LogP contribution in [0.3, 0.4) is 0 Å². The van der Waals surface area contributed by atoms with Gasteiger partial charge in [-0.05, 0) is 43.9 Å². The van der Waals surface area contributed by atoms with Crippen LogP contribution < -0.4 is 10.1 Å². The van der Waals surface area contributed by atoms with Crippen molar-refractivity contribution in [2.24, 2.45) is 0 Å². The van der Waals surface area contributed by atoms with Crippen LogP contribution in [-0.4, -0.2) is 45.7 Å². The smallest absolute Gasteiger partial charge is 0.230 e. The highest BCUT2D eigenvalue weighted by atomic mass is 32.2. The number of aromatic nitrogens is 3. The molecular weight excluding hydrogens is 376 g/mol. The highest BCUT2D eigenvalue weighted by Crippen LogP contribution is 2.19. The van der Waals surface area contributed by atoms with E-state index in [1.165, 1.54) is 17.3 Å². The van der Waals surface area contributed by atoms with Gasteiger partial charge in [0.25, 0.3) is 0 Å². The van der Waals surface area contributed by atoms with Crippen LogP contribution in [0.5, 0.6) is 5.75 Å². The van der Waals surface area contributed by atoms with Crippen molar-refractivity contribution < 1.29 is 14.3 Å². The molecule has 28 heavy (non-hydrogen) atoms. The SMILES string of the molecule is CCc1ccc(OCc2nnc(SCC(=O)NCC3CCCO3)n2CC)cc1. The average Bonchev–Trinajstić information content (AvgIpc) is 3.38. The molecule has 1 aliphatic rings. The summed E-state index contributed by atoms with van der Waals surface area (Å²) < 4.78 is 13.3. The molecule has 1 fully saturated rings. The standard InChI is InChI=1S/C20H28N4O3S/c1-3-15-7-9-16(10-8-15)27-13-18-22-23-20(24(18)4-2)28-14-19(25)21-12-17-6-5-11-26-17/h7-10,17H,3-6,11-14H2,1-2H3,(H,21,25). The Morgan fingerprint density at radius 1 is 1.32 bits per heavy atom. The summed E-state index contributed by atoms with van der Waals surface area (Å²) in [5, 5.41) is 12.1. The van der Waals surface area contributed by atoms with E-state index in [2.05, 4.69) is 34.6 Å². The number of ether oxygens (including phenoxy) is 2. The van der Waals surface area contributed by atoms with Crippen LogP contribution in [0.4, 0.5) is 0 Å². The van der Waals surface area contributed by atoms with Gasteiger partial charge in [-0.3, -0.25) is 4.79 Å². The van der Waals surface area contributed by atoms with Gasteiger partial charge < -0.3 is 19.4 Å². The second kappa shape index (κ2) is 10.5. The molecule has 0 radical (unpaired) electrons. The Bertz CT molecular complexity index is 757. The number of nitrogens with zero attached hydrogens (tertiary/aromatic N) is 3. The molecule has 8 heteroatoms. The molecule has 0 aliphatic carbocycles. The molecule has 1 aromatic heterocycles.